The molecule has 1 aliphatic carbocycles. The third-order valence-electron chi connectivity index (χ3n) is 3.38. The minimum Gasteiger partial charge on any atom is -0.461 e. The molecular weight excluding hydrogens is 258 g/mol. The van der Waals surface area contributed by atoms with Gasteiger partial charge in [0.1, 0.15) is 0 Å². The number of ether oxygens (including phenoxy) is 1. The zero-order valence-electron chi connectivity index (χ0n) is 12.3. The number of rotatable bonds is 5. The Morgan fingerprint density at radius 2 is 2.15 bits per heavy atom. The average Bonchev–Trinajstić information content (AvgIpc) is 2.77. The van der Waals surface area contributed by atoms with Gasteiger partial charge in [-0.15, -0.1) is 0 Å². The largest absolute Gasteiger partial charge is 0.461 e. The highest BCUT2D eigenvalue weighted by Crippen LogP contribution is 2.25. The van der Waals surface area contributed by atoms with E-state index in [2.05, 4.69) is 5.10 Å². The maximum absolute atomic E-state index is 12.1. The molecule has 1 aromatic rings. The van der Waals surface area contributed by atoms with Crippen molar-refractivity contribution < 1.29 is 14.3 Å². The van der Waals surface area contributed by atoms with Gasteiger partial charge >= 0.3 is 5.97 Å². The van der Waals surface area contributed by atoms with E-state index in [0.29, 0.717) is 18.5 Å². The highest BCUT2D eigenvalue weighted by atomic mass is 16.5. The molecule has 110 valence electrons. The van der Waals surface area contributed by atoms with Gasteiger partial charge < -0.3 is 9.64 Å². The third kappa shape index (κ3) is 2.90. The first kappa shape index (κ1) is 14.7. The summed E-state index contributed by atoms with van der Waals surface area (Å²) >= 11 is 0. The summed E-state index contributed by atoms with van der Waals surface area (Å²) in [6.45, 7) is 3.51. The summed E-state index contributed by atoms with van der Waals surface area (Å²) in [5.41, 5.74) is 1.55. The number of nitrogens with zero attached hydrogens (tertiary/aromatic N) is 3. The molecule has 0 unspecified atom stereocenters. The molecule has 2 rings (SSSR count). The molecule has 0 atom stereocenters. The van der Waals surface area contributed by atoms with Crippen molar-refractivity contribution in [2.45, 2.75) is 32.7 Å². The van der Waals surface area contributed by atoms with E-state index in [4.69, 9.17) is 4.74 Å². The fourth-order valence-corrected chi connectivity index (χ4v) is 2.41. The van der Waals surface area contributed by atoms with E-state index in [1.807, 2.05) is 19.0 Å². The van der Waals surface area contributed by atoms with Crippen molar-refractivity contribution in [3.63, 3.8) is 0 Å². The number of carbonyl (C=O) groups is 2. The second-order valence-corrected chi connectivity index (χ2v) is 5.19. The van der Waals surface area contributed by atoms with Gasteiger partial charge in [0, 0.05) is 13.0 Å². The van der Waals surface area contributed by atoms with Gasteiger partial charge in [-0.1, -0.05) is 0 Å². The number of aromatic nitrogens is 2. The topological polar surface area (TPSA) is 64.4 Å². The fourth-order valence-electron chi connectivity index (χ4n) is 2.41. The summed E-state index contributed by atoms with van der Waals surface area (Å²) in [6, 6.07) is 0. The summed E-state index contributed by atoms with van der Waals surface area (Å²) in [6.07, 6.45) is 2.10. The molecule has 0 amide bonds. The van der Waals surface area contributed by atoms with Crippen LogP contribution in [0.5, 0.6) is 0 Å². The van der Waals surface area contributed by atoms with Crippen LogP contribution in [0, 0.1) is 0 Å². The van der Waals surface area contributed by atoms with Gasteiger partial charge in [-0.3, -0.25) is 9.48 Å². The first-order chi connectivity index (χ1) is 9.54. The van der Waals surface area contributed by atoms with Crippen molar-refractivity contribution in [3.8, 4) is 0 Å². The number of fused-ring (bicyclic) bond motifs is 1. The standard InChI is InChI=1S/C14H21N3O3/c1-4-20-14(19)13-12-10(6-5-7-11(12)18)17(15-13)9-8-16(2)3/h4-9H2,1-3H3. The zero-order valence-corrected chi connectivity index (χ0v) is 12.3. The Morgan fingerprint density at radius 1 is 1.40 bits per heavy atom. The molecule has 0 N–H and O–H groups in total. The molecule has 1 heterocycles. The van der Waals surface area contributed by atoms with Crippen LogP contribution in [0.1, 0.15) is 46.3 Å². The van der Waals surface area contributed by atoms with E-state index in [1.54, 1.807) is 11.6 Å². The highest BCUT2D eigenvalue weighted by Gasteiger charge is 2.30. The lowest BCUT2D eigenvalue weighted by Gasteiger charge is -2.15. The Hall–Kier alpha value is -1.69. The molecule has 0 spiro atoms. The zero-order chi connectivity index (χ0) is 14.7. The van der Waals surface area contributed by atoms with Crippen LogP contribution in [-0.2, 0) is 17.7 Å². The van der Waals surface area contributed by atoms with Crippen LogP contribution >= 0.6 is 0 Å². The second kappa shape index (κ2) is 6.17. The van der Waals surface area contributed by atoms with Crippen molar-refractivity contribution in [3.05, 3.63) is 17.0 Å². The first-order valence-electron chi connectivity index (χ1n) is 6.99. The first-order valence-corrected chi connectivity index (χ1v) is 6.99. The van der Waals surface area contributed by atoms with Crippen molar-refractivity contribution >= 4 is 11.8 Å². The van der Waals surface area contributed by atoms with Gasteiger partial charge in [-0.2, -0.15) is 5.10 Å². The normalized spacial score (nSPS) is 14.5. The number of carbonyl (C=O) groups excluding carboxylic acids is 2. The fraction of sp³-hybridized carbons (Fsp3) is 0.643. The van der Waals surface area contributed by atoms with Crippen LogP contribution in [0.3, 0.4) is 0 Å². The number of likely N-dealkylation sites (N-methyl/N-ethyl adjacent to an activating group) is 1. The Labute approximate surface area is 118 Å². The van der Waals surface area contributed by atoms with E-state index in [-0.39, 0.29) is 18.1 Å². The molecule has 0 fully saturated rings. The van der Waals surface area contributed by atoms with Gasteiger partial charge in [0.25, 0.3) is 0 Å². The van der Waals surface area contributed by atoms with E-state index in [1.165, 1.54) is 0 Å². The van der Waals surface area contributed by atoms with Crippen LogP contribution in [0.25, 0.3) is 0 Å². The lowest BCUT2D eigenvalue weighted by atomic mass is 9.94. The smallest absolute Gasteiger partial charge is 0.359 e. The number of Topliss-reactive ketones (excluding diaryl/α,β-unsaturated/α-hetero) is 1. The highest BCUT2D eigenvalue weighted by molar-refractivity contribution is 6.06. The molecule has 1 aromatic heterocycles. The maximum atomic E-state index is 12.1. The van der Waals surface area contributed by atoms with E-state index in [9.17, 15) is 9.59 Å². The quantitative estimate of drug-likeness (QED) is 0.756. The molecule has 0 saturated carbocycles. The van der Waals surface area contributed by atoms with Crippen LogP contribution in [0.15, 0.2) is 0 Å². The maximum Gasteiger partial charge on any atom is 0.359 e. The minimum atomic E-state index is -0.498. The molecule has 0 aromatic carbocycles. The van der Waals surface area contributed by atoms with Crippen molar-refractivity contribution in [1.29, 1.82) is 0 Å². The summed E-state index contributed by atoms with van der Waals surface area (Å²) in [7, 11) is 3.96. The molecule has 6 heteroatoms. The van der Waals surface area contributed by atoms with Gasteiger partial charge in [0.15, 0.2) is 11.5 Å². The second-order valence-electron chi connectivity index (χ2n) is 5.19. The molecule has 0 bridgehead atoms. The summed E-state index contributed by atoms with van der Waals surface area (Å²) in [5.74, 6) is -0.493. The molecule has 0 saturated heterocycles. The predicted molar refractivity (Wildman–Crippen MR) is 74.0 cm³/mol. The van der Waals surface area contributed by atoms with Crippen LogP contribution in [0.2, 0.25) is 0 Å². The minimum absolute atomic E-state index is 0.00501. The predicted octanol–water partition coefficient (Wildman–Crippen LogP) is 1.14. The number of ketones is 1. The Morgan fingerprint density at radius 3 is 2.80 bits per heavy atom. The van der Waals surface area contributed by atoms with E-state index < -0.39 is 5.97 Å². The van der Waals surface area contributed by atoms with Gasteiger partial charge in [-0.05, 0) is 33.9 Å². The van der Waals surface area contributed by atoms with E-state index in [0.717, 1.165) is 25.1 Å². The SMILES string of the molecule is CCOC(=O)c1nn(CCN(C)C)c2c1C(=O)CCC2. The van der Waals surface area contributed by atoms with Crippen molar-refractivity contribution in [1.82, 2.24) is 14.7 Å². The van der Waals surface area contributed by atoms with Gasteiger partial charge in [0.05, 0.1) is 24.4 Å². The lowest BCUT2D eigenvalue weighted by Crippen LogP contribution is -2.21. The van der Waals surface area contributed by atoms with Crippen molar-refractivity contribution in [2.75, 3.05) is 27.2 Å². The molecule has 0 radical (unpaired) electrons. The van der Waals surface area contributed by atoms with Crippen LogP contribution in [-0.4, -0.2) is 53.7 Å². The lowest BCUT2D eigenvalue weighted by molar-refractivity contribution is 0.0515. The Bertz CT molecular complexity index is 520. The van der Waals surface area contributed by atoms with E-state index >= 15 is 0 Å². The van der Waals surface area contributed by atoms with Gasteiger partial charge in [-0.25, -0.2) is 4.79 Å². The van der Waals surface area contributed by atoms with Gasteiger partial charge in [0.2, 0.25) is 0 Å². The molecule has 0 aliphatic heterocycles. The average molecular weight is 279 g/mol. The Balaban J connectivity index is 2.36. The van der Waals surface area contributed by atoms with Crippen LogP contribution in [0.4, 0.5) is 0 Å². The summed E-state index contributed by atoms with van der Waals surface area (Å²) in [5, 5.41) is 4.33. The number of hydrogen-bond acceptors (Lipinski definition) is 5. The molecular formula is C14H21N3O3. The third-order valence-corrected chi connectivity index (χ3v) is 3.38. The number of esters is 1. The molecule has 1 aliphatic rings. The molecule has 20 heavy (non-hydrogen) atoms. The number of hydrogen-bond donors (Lipinski definition) is 0. The molecule has 6 nitrogen and oxygen atoms in total. The summed E-state index contributed by atoms with van der Waals surface area (Å²) < 4.78 is 6.79. The summed E-state index contributed by atoms with van der Waals surface area (Å²) in [4.78, 5) is 26.1. The Kier molecular flexibility index (Phi) is 4.54. The van der Waals surface area contributed by atoms with Crippen molar-refractivity contribution in [2.24, 2.45) is 0 Å². The van der Waals surface area contributed by atoms with Crippen LogP contribution < -0.4 is 0 Å². The monoisotopic (exact) mass is 279 g/mol.